The largest absolute Gasteiger partial charge is 0.486 e. The van der Waals surface area contributed by atoms with Crippen LogP contribution in [-0.4, -0.2) is 46.0 Å². The highest BCUT2D eigenvalue weighted by atomic mass is 16.5. The number of pyridine rings is 1. The average Bonchev–Trinajstić information content (AvgIpc) is 3.37. The summed E-state index contributed by atoms with van der Waals surface area (Å²) >= 11 is 0. The number of ether oxygens (including phenoxy) is 1. The molecule has 1 aliphatic heterocycles. The number of likely N-dealkylation sites (tertiary alicyclic amines) is 1. The van der Waals surface area contributed by atoms with Gasteiger partial charge in [-0.3, -0.25) is 9.78 Å². The van der Waals surface area contributed by atoms with Crippen molar-refractivity contribution in [2.24, 2.45) is 5.92 Å². The molecule has 1 fully saturated rings. The highest BCUT2D eigenvalue weighted by molar-refractivity contribution is 5.79. The molecule has 7 nitrogen and oxygen atoms in total. The molecule has 2 aromatic heterocycles. The Bertz CT molecular complexity index is 1340. The third-order valence-electron chi connectivity index (χ3n) is 6.84. The van der Waals surface area contributed by atoms with Crippen molar-refractivity contribution >= 4 is 10.9 Å². The molecule has 7 heteroatoms. The Morgan fingerprint density at radius 3 is 2.67 bits per heavy atom. The molecule has 1 unspecified atom stereocenters. The number of benzene rings is 2. The van der Waals surface area contributed by atoms with Crippen LogP contribution in [0.15, 0.2) is 71.7 Å². The van der Waals surface area contributed by atoms with E-state index < -0.39 is 0 Å². The maximum Gasteiger partial charge on any atom is 0.258 e. The molecule has 3 heterocycles. The zero-order valence-electron chi connectivity index (χ0n) is 20.7. The minimum atomic E-state index is -0.171. The molecule has 0 aliphatic carbocycles. The summed E-state index contributed by atoms with van der Waals surface area (Å²) in [5.74, 6) is 1.88. The molecule has 1 saturated heterocycles. The first-order valence-electron chi connectivity index (χ1n) is 12.7. The fourth-order valence-electron chi connectivity index (χ4n) is 4.81. The molecule has 0 amide bonds. The highest BCUT2D eigenvalue weighted by Crippen LogP contribution is 2.18. The zero-order chi connectivity index (χ0) is 24.7. The highest BCUT2D eigenvalue weighted by Gasteiger charge is 2.20. The molecule has 36 heavy (non-hydrogen) atoms. The molecule has 186 valence electrons. The standard InChI is InChI=1S/C29H33N5O2/c1-2-34-15-13-23(19-34)17-30-18-26-28-25(12-14-31-26)29(35)33-27(32-28)20-36-24-10-8-22(9-11-24)16-21-6-4-3-5-7-21/h3-12,14,23,30H,2,13,15-20H2,1H3,(H,32,33,35). The van der Waals surface area contributed by atoms with E-state index in [0.29, 0.717) is 29.2 Å². The second-order valence-corrected chi connectivity index (χ2v) is 9.44. The van der Waals surface area contributed by atoms with Gasteiger partial charge in [0.2, 0.25) is 0 Å². The maximum atomic E-state index is 12.7. The molecule has 0 saturated carbocycles. The van der Waals surface area contributed by atoms with E-state index in [9.17, 15) is 4.79 Å². The number of nitrogens with one attached hydrogen (secondary N) is 2. The van der Waals surface area contributed by atoms with Gasteiger partial charge in [-0.1, -0.05) is 49.4 Å². The van der Waals surface area contributed by atoms with E-state index in [1.165, 1.54) is 24.1 Å². The molecular weight excluding hydrogens is 450 g/mol. The topological polar surface area (TPSA) is 83.1 Å². The normalized spacial score (nSPS) is 16.0. The molecule has 0 spiro atoms. The molecular formula is C29H33N5O2. The van der Waals surface area contributed by atoms with Gasteiger partial charge in [0.25, 0.3) is 5.56 Å². The van der Waals surface area contributed by atoms with E-state index in [1.807, 2.05) is 18.2 Å². The van der Waals surface area contributed by atoms with Crippen molar-refractivity contribution < 1.29 is 4.74 Å². The Labute approximate surface area is 211 Å². The van der Waals surface area contributed by atoms with E-state index in [1.54, 1.807) is 12.3 Å². The summed E-state index contributed by atoms with van der Waals surface area (Å²) in [5.41, 5.74) is 3.74. The Balaban J connectivity index is 1.22. The number of aromatic nitrogens is 3. The van der Waals surface area contributed by atoms with E-state index >= 15 is 0 Å². The van der Waals surface area contributed by atoms with Crippen LogP contribution in [0.2, 0.25) is 0 Å². The maximum absolute atomic E-state index is 12.7. The lowest BCUT2D eigenvalue weighted by Gasteiger charge is -2.14. The number of aromatic amines is 1. The van der Waals surface area contributed by atoms with Gasteiger partial charge in [0, 0.05) is 19.3 Å². The lowest BCUT2D eigenvalue weighted by Crippen LogP contribution is -2.26. The Kier molecular flexibility index (Phi) is 7.69. The van der Waals surface area contributed by atoms with Gasteiger partial charge in [-0.25, -0.2) is 4.98 Å². The Hall–Kier alpha value is -3.55. The van der Waals surface area contributed by atoms with Crippen molar-refractivity contribution in [2.75, 3.05) is 26.2 Å². The predicted molar refractivity (Wildman–Crippen MR) is 142 cm³/mol. The Morgan fingerprint density at radius 2 is 1.89 bits per heavy atom. The summed E-state index contributed by atoms with van der Waals surface area (Å²) < 4.78 is 5.94. The van der Waals surface area contributed by atoms with E-state index in [0.717, 1.165) is 37.5 Å². The molecule has 4 aromatic rings. The van der Waals surface area contributed by atoms with E-state index in [4.69, 9.17) is 9.72 Å². The van der Waals surface area contributed by atoms with Gasteiger partial charge in [0.15, 0.2) is 0 Å². The monoisotopic (exact) mass is 483 g/mol. The van der Waals surface area contributed by atoms with Crippen molar-refractivity contribution in [1.82, 2.24) is 25.2 Å². The quantitative estimate of drug-likeness (QED) is 0.356. The summed E-state index contributed by atoms with van der Waals surface area (Å²) in [5, 5.41) is 4.08. The van der Waals surface area contributed by atoms with Crippen LogP contribution in [0.4, 0.5) is 0 Å². The van der Waals surface area contributed by atoms with Crippen LogP contribution in [0.3, 0.4) is 0 Å². The van der Waals surface area contributed by atoms with Crippen LogP contribution in [0.25, 0.3) is 10.9 Å². The van der Waals surface area contributed by atoms with Gasteiger partial charge in [-0.05, 0) is 67.7 Å². The lowest BCUT2D eigenvalue weighted by molar-refractivity contribution is 0.296. The summed E-state index contributed by atoms with van der Waals surface area (Å²) in [6.07, 6.45) is 3.77. The van der Waals surface area contributed by atoms with Crippen LogP contribution >= 0.6 is 0 Å². The number of fused-ring (bicyclic) bond motifs is 1. The molecule has 2 N–H and O–H groups in total. The molecule has 0 radical (unpaired) electrons. The van der Waals surface area contributed by atoms with Crippen LogP contribution in [0, 0.1) is 5.92 Å². The zero-order valence-corrected chi connectivity index (χ0v) is 20.7. The van der Waals surface area contributed by atoms with Crippen molar-refractivity contribution in [3.63, 3.8) is 0 Å². The van der Waals surface area contributed by atoms with Crippen molar-refractivity contribution in [1.29, 1.82) is 0 Å². The van der Waals surface area contributed by atoms with Gasteiger partial charge in [-0.2, -0.15) is 0 Å². The van der Waals surface area contributed by atoms with E-state index in [2.05, 4.69) is 63.5 Å². The average molecular weight is 484 g/mol. The fourth-order valence-corrected chi connectivity index (χ4v) is 4.81. The Morgan fingerprint density at radius 1 is 1.08 bits per heavy atom. The predicted octanol–water partition coefficient (Wildman–Crippen LogP) is 3.92. The molecule has 5 rings (SSSR count). The molecule has 0 bridgehead atoms. The summed E-state index contributed by atoms with van der Waals surface area (Å²) in [7, 11) is 0. The van der Waals surface area contributed by atoms with Crippen molar-refractivity contribution in [3.8, 4) is 5.75 Å². The van der Waals surface area contributed by atoms with Crippen LogP contribution < -0.4 is 15.6 Å². The van der Waals surface area contributed by atoms with Gasteiger partial charge in [-0.15, -0.1) is 0 Å². The third-order valence-corrected chi connectivity index (χ3v) is 6.84. The van der Waals surface area contributed by atoms with Gasteiger partial charge < -0.3 is 19.9 Å². The first-order chi connectivity index (χ1) is 17.7. The summed E-state index contributed by atoms with van der Waals surface area (Å²) in [4.78, 5) is 27.3. The molecule has 1 aliphatic rings. The molecule has 2 aromatic carbocycles. The smallest absolute Gasteiger partial charge is 0.258 e. The van der Waals surface area contributed by atoms with Gasteiger partial charge in [0.1, 0.15) is 23.7 Å². The molecule has 1 atom stereocenters. The van der Waals surface area contributed by atoms with Crippen LogP contribution in [0.5, 0.6) is 5.75 Å². The van der Waals surface area contributed by atoms with Crippen LogP contribution in [0.1, 0.15) is 36.0 Å². The second-order valence-electron chi connectivity index (χ2n) is 9.44. The number of hydrogen-bond donors (Lipinski definition) is 2. The SMILES string of the molecule is CCN1CCC(CNCc2nccc3c(=O)[nH]c(COc4ccc(Cc5ccccc5)cc4)nc23)C1. The van der Waals surface area contributed by atoms with Gasteiger partial charge in [0.05, 0.1) is 11.1 Å². The second kappa shape index (κ2) is 11.5. The number of rotatable bonds is 10. The van der Waals surface area contributed by atoms with Crippen molar-refractivity contribution in [2.45, 2.75) is 32.9 Å². The minimum absolute atomic E-state index is 0.171. The van der Waals surface area contributed by atoms with Gasteiger partial charge >= 0.3 is 0 Å². The van der Waals surface area contributed by atoms with Crippen LogP contribution in [-0.2, 0) is 19.6 Å². The minimum Gasteiger partial charge on any atom is -0.486 e. The first kappa shape index (κ1) is 24.2. The number of nitrogens with zero attached hydrogens (tertiary/aromatic N) is 3. The summed E-state index contributed by atoms with van der Waals surface area (Å²) in [6, 6.07) is 20.1. The third kappa shape index (κ3) is 5.98. The first-order valence-corrected chi connectivity index (χ1v) is 12.7. The summed E-state index contributed by atoms with van der Waals surface area (Å²) in [6.45, 7) is 7.33. The van der Waals surface area contributed by atoms with E-state index in [-0.39, 0.29) is 12.2 Å². The number of hydrogen-bond acceptors (Lipinski definition) is 6. The van der Waals surface area contributed by atoms with Crippen molar-refractivity contribution in [3.05, 3.63) is 99.9 Å². The fraction of sp³-hybridized carbons (Fsp3) is 0.345. The number of H-pyrrole nitrogens is 1. The lowest BCUT2D eigenvalue weighted by atomic mass is 10.1.